The van der Waals surface area contributed by atoms with Crippen molar-refractivity contribution in [3.8, 4) is 11.1 Å². The van der Waals surface area contributed by atoms with Gasteiger partial charge in [-0.05, 0) is 47.7 Å². The van der Waals surface area contributed by atoms with Crippen molar-refractivity contribution in [1.29, 1.82) is 0 Å². The highest BCUT2D eigenvalue weighted by atomic mass is 19.2. The van der Waals surface area contributed by atoms with Gasteiger partial charge in [0.15, 0.2) is 17.5 Å². The Labute approximate surface area is 122 Å². The van der Waals surface area contributed by atoms with E-state index in [1.165, 1.54) is 18.2 Å². The second kappa shape index (κ2) is 5.09. The lowest BCUT2D eigenvalue weighted by Gasteiger charge is -2.09. The predicted molar refractivity (Wildman–Crippen MR) is 73.9 cm³/mol. The highest BCUT2D eigenvalue weighted by molar-refractivity contribution is 5.88. The lowest BCUT2D eigenvalue weighted by molar-refractivity contribution is 0.451. The molecule has 22 heavy (non-hydrogen) atoms. The first-order chi connectivity index (χ1) is 10.4. The summed E-state index contributed by atoms with van der Waals surface area (Å²) in [7, 11) is 0. The van der Waals surface area contributed by atoms with Gasteiger partial charge in [0.05, 0.1) is 5.39 Å². The van der Waals surface area contributed by atoms with Gasteiger partial charge in [-0.25, -0.2) is 22.0 Å². The van der Waals surface area contributed by atoms with Gasteiger partial charge in [-0.1, -0.05) is 12.1 Å². The average Bonchev–Trinajstić information content (AvgIpc) is 2.44. The number of halogens is 5. The molecule has 3 aromatic carbocycles. The van der Waals surface area contributed by atoms with E-state index < -0.39 is 34.5 Å². The van der Waals surface area contributed by atoms with Crippen LogP contribution in [0, 0.1) is 36.0 Å². The molecule has 0 amide bonds. The van der Waals surface area contributed by atoms with Crippen LogP contribution in [0.25, 0.3) is 21.9 Å². The standard InChI is InChI=1S/C17H9F5/c1-8-2-3-11(12(18)4-8)9-5-10-7-14(20)16(21)17(22)15(10)13(19)6-9/h2-7H,1H3. The van der Waals surface area contributed by atoms with Crippen LogP contribution >= 0.6 is 0 Å². The maximum atomic E-state index is 14.1. The van der Waals surface area contributed by atoms with Crippen LogP contribution in [0.4, 0.5) is 22.0 Å². The van der Waals surface area contributed by atoms with Gasteiger partial charge in [0, 0.05) is 5.56 Å². The highest BCUT2D eigenvalue weighted by Gasteiger charge is 2.18. The summed E-state index contributed by atoms with van der Waals surface area (Å²) in [5.41, 5.74) is 0.895. The third kappa shape index (κ3) is 2.22. The van der Waals surface area contributed by atoms with Crippen LogP contribution in [0.1, 0.15) is 5.56 Å². The summed E-state index contributed by atoms with van der Waals surface area (Å²) in [6.07, 6.45) is 0. The van der Waals surface area contributed by atoms with E-state index in [1.807, 2.05) is 0 Å². The van der Waals surface area contributed by atoms with Gasteiger partial charge in [0.2, 0.25) is 0 Å². The van der Waals surface area contributed by atoms with Crippen molar-refractivity contribution in [3.63, 3.8) is 0 Å². The fourth-order valence-electron chi connectivity index (χ4n) is 2.40. The second-order valence-electron chi connectivity index (χ2n) is 5.03. The van der Waals surface area contributed by atoms with Gasteiger partial charge in [-0.15, -0.1) is 0 Å². The third-order valence-electron chi connectivity index (χ3n) is 3.46. The molecule has 0 unspecified atom stereocenters. The van der Waals surface area contributed by atoms with Crippen molar-refractivity contribution < 1.29 is 22.0 Å². The Balaban J connectivity index is 2.32. The van der Waals surface area contributed by atoms with Crippen molar-refractivity contribution in [2.24, 2.45) is 0 Å². The Kier molecular flexibility index (Phi) is 3.35. The Morgan fingerprint density at radius 2 is 1.41 bits per heavy atom. The summed E-state index contributed by atoms with van der Waals surface area (Å²) in [5.74, 6) is -6.42. The largest absolute Gasteiger partial charge is 0.206 e. The van der Waals surface area contributed by atoms with Gasteiger partial charge in [0.25, 0.3) is 0 Å². The monoisotopic (exact) mass is 308 g/mol. The molecule has 0 heterocycles. The zero-order chi connectivity index (χ0) is 16.0. The molecule has 0 aliphatic heterocycles. The lowest BCUT2D eigenvalue weighted by Crippen LogP contribution is -1.96. The van der Waals surface area contributed by atoms with E-state index in [1.54, 1.807) is 13.0 Å². The maximum Gasteiger partial charge on any atom is 0.195 e. The highest BCUT2D eigenvalue weighted by Crippen LogP contribution is 2.32. The smallest absolute Gasteiger partial charge is 0.195 e. The summed E-state index contributed by atoms with van der Waals surface area (Å²) >= 11 is 0. The van der Waals surface area contributed by atoms with Crippen LogP contribution in [-0.4, -0.2) is 0 Å². The van der Waals surface area contributed by atoms with Gasteiger partial charge in [-0.2, -0.15) is 0 Å². The molecule has 0 N–H and O–H groups in total. The average molecular weight is 308 g/mol. The molecular formula is C17H9F5. The molecular weight excluding hydrogens is 299 g/mol. The van der Waals surface area contributed by atoms with Gasteiger partial charge < -0.3 is 0 Å². The Hall–Kier alpha value is -2.43. The molecule has 0 bridgehead atoms. The van der Waals surface area contributed by atoms with E-state index >= 15 is 0 Å². The molecule has 0 aliphatic rings. The fraction of sp³-hybridized carbons (Fsp3) is 0.0588. The molecule has 0 atom stereocenters. The molecule has 0 nitrogen and oxygen atoms in total. The van der Waals surface area contributed by atoms with Crippen LogP contribution < -0.4 is 0 Å². The fourth-order valence-corrected chi connectivity index (χ4v) is 2.40. The number of aryl methyl sites for hydroxylation is 1. The first-order valence-electron chi connectivity index (χ1n) is 6.41. The number of hydrogen-bond donors (Lipinski definition) is 0. The molecule has 5 heteroatoms. The van der Waals surface area contributed by atoms with E-state index in [2.05, 4.69) is 0 Å². The number of rotatable bonds is 1. The third-order valence-corrected chi connectivity index (χ3v) is 3.46. The van der Waals surface area contributed by atoms with E-state index in [-0.39, 0.29) is 16.5 Å². The molecule has 0 saturated carbocycles. The minimum absolute atomic E-state index is 0.0940. The molecule has 112 valence electrons. The summed E-state index contributed by atoms with van der Waals surface area (Å²) in [4.78, 5) is 0. The molecule has 0 spiro atoms. The molecule has 3 rings (SSSR count). The molecule has 0 aliphatic carbocycles. The SMILES string of the molecule is Cc1ccc(-c2cc(F)c3c(F)c(F)c(F)cc3c2)c(F)c1. The molecule has 0 radical (unpaired) electrons. The van der Waals surface area contributed by atoms with Crippen LogP contribution in [0.3, 0.4) is 0 Å². The quantitative estimate of drug-likeness (QED) is 0.411. The Morgan fingerprint density at radius 3 is 2.09 bits per heavy atom. The molecule has 3 aromatic rings. The van der Waals surface area contributed by atoms with Crippen LogP contribution in [-0.2, 0) is 0 Å². The minimum Gasteiger partial charge on any atom is -0.206 e. The van der Waals surface area contributed by atoms with Crippen molar-refractivity contribution in [1.82, 2.24) is 0 Å². The normalized spacial score (nSPS) is 11.2. The van der Waals surface area contributed by atoms with Gasteiger partial charge >= 0.3 is 0 Å². The second-order valence-corrected chi connectivity index (χ2v) is 5.03. The predicted octanol–water partition coefficient (Wildman–Crippen LogP) is 5.51. The Bertz CT molecular complexity index is 899. The van der Waals surface area contributed by atoms with E-state index in [0.717, 1.165) is 6.07 Å². The maximum absolute atomic E-state index is 14.1. The van der Waals surface area contributed by atoms with Crippen molar-refractivity contribution in [2.45, 2.75) is 6.92 Å². The first kappa shape index (κ1) is 14.5. The number of hydrogen-bond acceptors (Lipinski definition) is 0. The number of benzene rings is 3. The van der Waals surface area contributed by atoms with E-state index in [0.29, 0.717) is 11.6 Å². The van der Waals surface area contributed by atoms with Gasteiger partial charge in [0.1, 0.15) is 11.6 Å². The van der Waals surface area contributed by atoms with Crippen molar-refractivity contribution >= 4 is 10.8 Å². The number of fused-ring (bicyclic) bond motifs is 1. The Morgan fingerprint density at radius 1 is 0.682 bits per heavy atom. The van der Waals surface area contributed by atoms with E-state index in [4.69, 9.17) is 0 Å². The summed E-state index contributed by atoms with van der Waals surface area (Å²) in [5, 5.41) is -0.832. The lowest BCUT2D eigenvalue weighted by atomic mass is 9.99. The molecule has 0 aromatic heterocycles. The van der Waals surface area contributed by atoms with Crippen LogP contribution in [0.15, 0.2) is 36.4 Å². The zero-order valence-corrected chi connectivity index (χ0v) is 11.4. The summed E-state index contributed by atoms with van der Waals surface area (Å²) in [6, 6.07) is 7.15. The van der Waals surface area contributed by atoms with Crippen molar-refractivity contribution in [2.75, 3.05) is 0 Å². The van der Waals surface area contributed by atoms with Crippen LogP contribution in [0.5, 0.6) is 0 Å². The van der Waals surface area contributed by atoms with E-state index in [9.17, 15) is 22.0 Å². The molecule has 0 saturated heterocycles. The minimum atomic E-state index is -1.74. The topological polar surface area (TPSA) is 0 Å². The first-order valence-corrected chi connectivity index (χ1v) is 6.41. The van der Waals surface area contributed by atoms with Gasteiger partial charge in [-0.3, -0.25) is 0 Å². The van der Waals surface area contributed by atoms with Crippen LogP contribution in [0.2, 0.25) is 0 Å². The van der Waals surface area contributed by atoms with Crippen molar-refractivity contribution in [3.05, 3.63) is 71.0 Å². The summed E-state index contributed by atoms with van der Waals surface area (Å²) in [6.45, 7) is 1.70. The molecule has 0 fully saturated rings. The summed E-state index contributed by atoms with van der Waals surface area (Å²) < 4.78 is 68.2. The zero-order valence-electron chi connectivity index (χ0n) is 11.4.